The predicted molar refractivity (Wildman–Crippen MR) is 54.1 cm³/mol. The molecule has 0 aliphatic carbocycles. The van der Waals surface area contributed by atoms with Gasteiger partial charge in [0.15, 0.2) is 5.69 Å². The normalized spacial score (nSPS) is 19.5. The molecule has 0 atom stereocenters. The summed E-state index contributed by atoms with van der Waals surface area (Å²) in [5, 5.41) is 8.73. The third-order valence-corrected chi connectivity index (χ3v) is 2.84. The predicted octanol–water partition coefficient (Wildman–Crippen LogP) is 1.75. The van der Waals surface area contributed by atoms with Crippen LogP contribution in [0.15, 0.2) is 10.7 Å². The molecule has 1 aliphatic rings. The van der Waals surface area contributed by atoms with E-state index in [1.54, 1.807) is 0 Å². The van der Waals surface area contributed by atoms with Crippen LogP contribution in [0.1, 0.15) is 37.2 Å². The summed E-state index contributed by atoms with van der Waals surface area (Å²) in [6.45, 7) is 5.07. The van der Waals surface area contributed by atoms with Crippen molar-refractivity contribution in [1.82, 2.24) is 4.98 Å². The summed E-state index contributed by atoms with van der Waals surface area (Å²) < 4.78 is 5.18. The van der Waals surface area contributed by atoms with Crippen molar-refractivity contribution in [1.29, 1.82) is 0 Å². The molecular weight excluding hydrogens is 196 g/mol. The molecule has 1 N–H and O–H groups in total. The Hall–Kier alpha value is -1.52. The van der Waals surface area contributed by atoms with Crippen LogP contribution in [0.25, 0.3) is 0 Å². The van der Waals surface area contributed by atoms with Gasteiger partial charge < -0.3 is 14.4 Å². The molecule has 0 radical (unpaired) electrons. The van der Waals surface area contributed by atoms with Crippen LogP contribution < -0.4 is 4.90 Å². The standard InChI is InChI=1S/C10H14N2O3/c1-10(2)4-3-5-12(10)9-11-7(6-15-9)8(13)14/h6H,3-5H2,1-2H3,(H,13,14). The van der Waals surface area contributed by atoms with Crippen LogP contribution in [0, 0.1) is 0 Å². The highest BCUT2D eigenvalue weighted by molar-refractivity contribution is 5.85. The average Bonchev–Trinajstić information content (AvgIpc) is 2.69. The van der Waals surface area contributed by atoms with E-state index in [-0.39, 0.29) is 11.2 Å². The molecule has 2 heterocycles. The minimum absolute atomic E-state index is 0.000622. The summed E-state index contributed by atoms with van der Waals surface area (Å²) in [6, 6.07) is 0.412. The Labute approximate surface area is 87.7 Å². The van der Waals surface area contributed by atoms with Crippen LogP contribution in [0.5, 0.6) is 0 Å². The number of aromatic carboxylic acids is 1. The van der Waals surface area contributed by atoms with E-state index in [0.717, 1.165) is 19.4 Å². The van der Waals surface area contributed by atoms with Gasteiger partial charge in [0.2, 0.25) is 0 Å². The number of oxazole rings is 1. The molecule has 1 aromatic heterocycles. The monoisotopic (exact) mass is 210 g/mol. The van der Waals surface area contributed by atoms with E-state index in [4.69, 9.17) is 9.52 Å². The van der Waals surface area contributed by atoms with Gasteiger partial charge in [0.05, 0.1) is 0 Å². The molecule has 1 aromatic rings. The van der Waals surface area contributed by atoms with Crippen molar-refractivity contribution in [2.75, 3.05) is 11.4 Å². The van der Waals surface area contributed by atoms with Gasteiger partial charge in [-0.2, -0.15) is 4.98 Å². The molecule has 1 aliphatic heterocycles. The summed E-state index contributed by atoms with van der Waals surface area (Å²) in [4.78, 5) is 16.6. The van der Waals surface area contributed by atoms with Gasteiger partial charge in [-0.1, -0.05) is 0 Å². The van der Waals surface area contributed by atoms with Gasteiger partial charge in [-0.25, -0.2) is 4.79 Å². The zero-order valence-corrected chi connectivity index (χ0v) is 8.86. The number of hydrogen-bond donors (Lipinski definition) is 1. The molecule has 1 saturated heterocycles. The highest BCUT2D eigenvalue weighted by atomic mass is 16.4. The Bertz CT molecular complexity index is 384. The summed E-state index contributed by atoms with van der Waals surface area (Å²) in [5.74, 6) is -1.05. The number of carbonyl (C=O) groups is 1. The lowest BCUT2D eigenvalue weighted by Gasteiger charge is -2.29. The first-order chi connectivity index (χ1) is 7.00. The summed E-state index contributed by atoms with van der Waals surface area (Å²) in [7, 11) is 0. The minimum atomic E-state index is -1.05. The second-order valence-corrected chi connectivity index (χ2v) is 4.39. The van der Waals surface area contributed by atoms with Crippen molar-refractivity contribution in [2.24, 2.45) is 0 Å². The first kappa shape index (κ1) is 10.0. The smallest absolute Gasteiger partial charge is 0.357 e. The number of hydrogen-bond acceptors (Lipinski definition) is 4. The highest BCUT2D eigenvalue weighted by Crippen LogP contribution is 2.32. The summed E-state index contributed by atoms with van der Waals surface area (Å²) in [5.41, 5.74) is -0.0339. The Morgan fingerprint density at radius 1 is 1.67 bits per heavy atom. The molecule has 0 amide bonds. The number of carboxylic acids is 1. The van der Waals surface area contributed by atoms with E-state index >= 15 is 0 Å². The zero-order valence-electron chi connectivity index (χ0n) is 8.86. The number of aromatic nitrogens is 1. The van der Waals surface area contributed by atoms with Crippen LogP contribution in [0.3, 0.4) is 0 Å². The van der Waals surface area contributed by atoms with Crippen molar-refractivity contribution in [2.45, 2.75) is 32.2 Å². The molecule has 0 aromatic carbocycles. The van der Waals surface area contributed by atoms with Crippen molar-refractivity contribution in [3.63, 3.8) is 0 Å². The lowest BCUT2D eigenvalue weighted by molar-refractivity contribution is 0.0690. The quantitative estimate of drug-likeness (QED) is 0.805. The maximum absolute atomic E-state index is 10.6. The van der Waals surface area contributed by atoms with Crippen molar-refractivity contribution >= 4 is 12.0 Å². The molecule has 5 nitrogen and oxygen atoms in total. The molecule has 5 heteroatoms. The molecule has 0 saturated carbocycles. The first-order valence-electron chi connectivity index (χ1n) is 4.97. The van der Waals surface area contributed by atoms with Crippen LogP contribution in [-0.2, 0) is 0 Å². The van der Waals surface area contributed by atoms with Gasteiger partial charge in [0.25, 0.3) is 6.01 Å². The van der Waals surface area contributed by atoms with Gasteiger partial charge in [-0.3, -0.25) is 0 Å². The maximum Gasteiger partial charge on any atom is 0.357 e. The average molecular weight is 210 g/mol. The van der Waals surface area contributed by atoms with Crippen LogP contribution >= 0.6 is 0 Å². The number of carboxylic acid groups (broad SMARTS) is 1. The second kappa shape index (κ2) is 3.25. The fourth-order valence-corrected chi connectivity index (χ4v) is 1.95. The number of anilines is 1. The zero-order chi connectivity index (χ0) is 11.1. The Balaban J connectivity index is 2.26. The lowest BCUT2D eigenvalue weighted by atomic mass is 10.0. The van der Waals surface area contributed by atoms with E-state index < -0.39 is 5.97 Å². The van der Waals surface area contributed by atoms with E-state index in [9.17, 15) is 4.79 Å². The fraction of sp³-hybridized carbons (Fsp3) is 0.600. The van der Waals surface area contributed by atoms with Gasteiger partial charge in [-0.05, 0) is 26.7 Å². The maximum atomic E-state index is 10.6. The van der Waals surface area contributed by atoms with Crippen molar-refractivity contribution in [3.05, 3.63) is 12.0 Å². The minimum Gasteiger partial charge on any atom is -0.476 e. The molecule has 0 bridgehead atoms. The summed E-state index contributed by atoms with van der Waals surface area (Å²) in [6.07, 6.45) is 3.33. The van der Waals surface area contributed by atoms with Crippen LogP contribution in [-0.4, -0.2) is 28.1 Å². The molecule has 1 fully saturated rings. The Kier molecular flexibility index (Phi) is 2.17. The van der Waals surface area contributed by atoms with E-state index in [0.29, 0.717) is 6.01 Å². The largest absolute Gasteiger partial charge is 0.476 e. The number of nitrogens with zero attached hydrogens (tertiary/aromatic N) is 2. The number of rotatable bonds is 2. The van der Waals surface area contributed by atoms with Gasteiger partial charge in [-0.15, -0.1) is 0 Å². The topological polar surface area (TPSA) is 66.6 Å². The molecule has 0 spiro atoms. The SMILES string of the molecule is CC1(C)CCCN1c1nc(C(=O)O)co1. The van der Waals surface area contributed by atoms with Gasteiger partial charge in [0.1, 0.15) is 6.26 Å². The van der Waals surface area contributed by atoms with E-state index in [1.165, 1.54) is 6.26 Å². The molecule has 0 unspecified atom stereocenters. The van der Waals surface area contributed by atoms with Crippen molar-refractivity contribution < 1.29 is 14.3 Å². The van der Waals surface area contributed by atoms with E-state index in [2.05, 4.69) is 18.8 Å². The molecule has 2 rings (SSSR count). The lowest BCUT2D eigenvalue weighted by Crippen LogP contribution is -2.38. The highest BCUT2D eigenvalue weighted by Gasteiger charge is 2.35. The molecular formula is C10H14N2O3. The van der Waals surface area contributed by atoms with Crippen LogP contribution in [0.4, 0.5) is 6.01 Å². The molecule has 82 valence electrons. The van der Waals surface area contributed by atoms with Gasteiger partial charge >= 0.3 is 5.97 Å². The van der Waals surface area contributed by atoms with Gasteiger partial charge in [0, 0.05) is 12.1 Å². The first-order valence-corrected chi connectivity index (χ1v) is 4.97. The second-order valence-electron chi connectivity index (χ2n) is 4.39. The Morgan fingerprint density at radius 3 is 2.87 bits per heavy atom. The molecule has 15 heavy (non-hydrogen) atoms. The summed E-state index contributed by atoms with van der Waals surface area (Å²) >= 11 is 0. The van der Waals surface area contributed by atoms with E-state index in [1.807, 2.05) is 4.90 Å². The van der Waals surface area contributed by atoms with Crippen molar-refractivity contribution in [3.8, 4) is 0 Å². The van der Waals surface area contributed by atoms with Crippen LogP contribution in [0.2, 0.25) is 0 Å². The third-order valence-electron chi connectivity index (χ3n) is 2.84. The third kappa shape index (κ3) is 1.69. The fourth-order valence-electron chi connectivity index (χ4n) is 1.95. The Morgan fingerprint density at radius 2 is 2.40 bits per heavy atom.